The number of nitrogens with zero attached hydrogens (tertiary/aromatic N) is 1. The Morgan fingerprint density at radius 2 is 2.16 bits per heavy atom. The molecule has 0 unspecified atom stereocenters. The van der Waals surface area contributed by atoms with E-state index in [1.165, 1.54) is 17.0 Å². The van der Waals surface area contributed by atoms with Crippen LogP contribution < -0.4 is 5.56 Å². The first kappa shape index (κ1) is 17.2. The van der Waals surface area contributed by atoms with Crippen LogP contribution >= 0.6 is 0 Å². The summed E-state index contributed by atoms with van der Waals surface area (Å²) < 4.78 is 31.8. The summed E-state index contributed by atoms with van der Waals surface area (Å²) >= 11 is 0. The molecule has 0 spiro atoms. The first-order chi connectivity index (χ1) is 11.8. The lowest BCUT2D eigenvalue weighted by molar-refractivity contribution is 0.0461. The second kappa shape index (κ2) is 6.34. The van der Waals surface area contributed by atoms with Crippen molar-refractivity contribution in [2.24, 2.45) is 0 Å². The van der Waals surface area contributed by atoms with Crippen LogP contribution in [0.2, 0.25) is 0 Å². The molecule has 8 heteroatoms. The number of nitrogens with one attached hydrogen (secondary N) is 1. The third-order valence-electron chi connectivity index (χ3n) is 4.78. The summed E-state index contributed by atoms with van der Waals surface area (Å²) in [6.07, 6.45) is 0.0698. The molecule has 1 aromatic heterocycles. The number of aromatic amines is 1. The fourth-order valence-corrected chi connectivity index (χ4v) is 3.62. The Hall–Kier alpha value is -2.64. The smallest absolute Gasteiger partial charge is 0.407 e. The molecule has 2 heterocycles. The van der Waals surface area contributed by atoms with Crippen molar-refractivity contribution in [3.63, 3.8) is 0 Å². The van der Waals surface area contributed by atoms with Crippen LogP contribution in [0.1, 0.15) is 37.0 Å². The Labute approximate surface area is 142 Å². The van der Waals surface area contributed by atoms with Gasteiger partial charge in [-0.25, -0.2) is 13.6 Å². The fourth-order valence-electron chi connectivity index (χ4n) is 3.62. The predicted octanol–water partition coefficient (Wildman–Crippen LogP) is 3.10. The third-order valence-corrected chi connectivity index (χ3v) is 4.78. The lowest BCUT2D eigenvalue weighted by Crippen LogP contribution is -2.55. The van der Waals surface area contributed by atoms with Crippen molar-refractivity contribution < 1.29 is 23.2 Å². The van der Waals surface area contributed by atoms with Crippen molar-refractivity contribution in [1.29, 1.82) is 0 Å². The van der Waals surface area contributed by atoms with Gasteiger partial charge in [-0.15, -0.1) is 0 Å². The number of hydrogen-bond acceptors (Lipinski definition) is 3. The molecule has 3 rings (SSSR count). The minimum absolute atomic E-state index is 0.134. The zero-order valence-electron chi connectivity index (χ0n) is 13.6. The minimum Gasteiger partial charge on any atom is -0.465 e. The number of benzene rings is 1. The molecule has 1 aliphatic rings. The maximum Gasteiger partial charge on any atom is 0.407 e. The van der Waals surface area contributed by atoms with Crippen molar-refractivity contribution >= 4 is 6.09 Å². The van der Waals surface area contributed by atoms with E-state index in [4.69, 9.17) is 4.52 Å². The number of likely N-dealkylation sites (tertiary alicyclic amines) is 1. The Morgan fingerprint density at radius 3 is 2.76 bits per heavy atom. The number of carbonyl (C=O) groups is 1. The van der Waals surface area contributed by atoms with Gasteiger partial charge in [-0.2, -0.15) is 5.16 Å². The van der Waals surface area contributed by atoms with Gasteiger partial charge in [0.2, 0.25) is 0 Å². The van der Waals surface area contributed by atoms with E-state index in [2.05, 4.69) is 5.16 Å². The van der Waals surface area contributed by atoms with E-state index < -0.39 is 23.3 Å². The van der Waals surface area contributed by atoms with Crippen LogP contribution in [-0.2, 0) is 6.42 Å². The molecule has 2 atom stereocenters. The van der Waals surface area contributed by atoms with Gasteiger partial charge in [-0.05, 0) is 43.9 Å². The van der Waals surface area contributed by atoms with Crippen molar-refractivity contribution in [2.75, 3.05) is 6.54 Å². The first-order valence-corrected chi connectivity index (χ1v) is 7.91. The van der Waals surface area contributed by atoms with Gasteiger partial charge in [0.05, 0.1) is 0 Å². The largest absolute Gasteiger partial charge is 0.465 e. The summed E-state index contributed by atoms with van der Waals surface area (Å²) in [5, 5.41) is 11.8. The van der Waals surface area contributed by atoms with Crippen LogP contribution in [-0.4, -0.2) is 33.3 Å². The zero-order chi connectivity index (χ0) is 18.2. The van der Waals surface area contributed by atoms with Crippen molar-refractivity contribution in [3.8, 4) is 0 Å². The second-order valence-electron chi connectivity index (χ2n) is 6.66. The molecule has 1 fully saturated rings. The number of H-pyrrole nitrogens is 1. The molecule has 134 valence electrons. The quantitative estimate of drug-likeness (QED) is 0.889. The highest BCUT2D eigenvalue weighted by atomic mass is 19.2. The lowest BCUT2D eigenvalue weighted by atomic mass is 9.77. The number of carboxylic acid groups (broad SMARTS) is 1. The van der Waals surface area contributed by atoms with Crippen molar-refractivity contribution in [1.82, 2.24) is 10.1 Å². The molecule has 0 radical (unpaired) electrons. The Morgan fingerprint density at radius 1 is 1.40 bits per heavy atom. The summed E-state index contributed by atoms with van der Waals surface area (Å²) in [7, 11) is 0. The average Bonchev–Trinajstić information content (AvgIpc) is 2.97. The second-order valence-corrected chi connectivity index (χ2v) is 6.66. The van der Waals surface area contributed by atoms with Gasteiger partial charge < -0.3 is 14.5 Å². The molecular formula is C17H18F2N2O4. The summed E-state index contributed by atoms with van der Waals surface area (Å²) in [5.41, 5.74) is -0.684. The normalized spacial score (nSPS) is 23.6. The summed E-state index contributed by atoms with van der Waals surface area (Å²) in [6, 6.07) is 4.92. The molecule has 1 amide bonds. The maximum atomic E-state index is 13.5. The molecule has 0 bridgehead atoms. The van der Waals surface area contributed by atoms with Gasteiger partial charge in [0.15, 0.2) is 11.6 Å². The fraction of sp³-hybridized carbons (Fsp3) is 0.412. The van der Waals surface area contributed by atoms with Crippen LogP contribution in [0, 0.1) is 11.6 Å². The van der Waals surface area contributed by atoms with E-state index in [0.717, 1.165) is 12.1 Å². The van der Waals surface area contributed by atoms with E-state index >= 15 is 0 Å². The lowest BCUT2D eigenvalue weighted by Gasteiger charge is -2.46. The molecular weight excluding hydrogens is 334 g/mol. The van der Waals surface area contributed by atoms with Crippen molar-refractivity contribution in [3.05, 3.63) is 57.6 Å². The summed E-state index contributed by atoms with van der Waals surface area (Å²) in [5.74, 6) is -1.57. The number of hydrogen-bond donors (Lipinski definition) is 2. The molecule has 6 nitrogen and oxygen atoms in total. The topological polar surface area (TPSA) is 86.5 Å². The highest BCUT2D eigenvalue weighted by Crippen LogP contribution is 2.39. The highest BCUT2D eigenvalue weighted by molar-refractivity contribution is 5.66. The Kier molecular flexibility index (Phi) is 4.36. The molecule has 1 saturated heterocycles. The Balaban J connectivity index is 1.89. The number of rotatable bonds is 3. The minimum atomic E-state index is -1.07. The van der Waals surface area contributed by atoms with Crippen LogP contribution in [0.5, 0.6) is 0 Å². The van der Waals surface area contributed by atoms with Gasteiger partial charge in [-0.1, -0.05) is 6.07 Å². The molecule has 0 saturated carbocycles. The van der Waals surface area contributed by atoms with E-state index in [1.54, 1.807) is 6.92 Å². The van der Waals surface area contributed by atoms with E-state index in [1.807, 2.05) is 0 Å². The molecule has 0 aliphatic carbocycles. The van der Waals surface area contributed by atoms with Crippen LogP contribution in [0.15, 0.2) is 33.6 Å². The molecule has 25 heavy (non-hydrogen) atoms. The van der Waals surface area contributed by atoms with Gasteiger partial charge in [-0.3, -0.25) is 4.79 Å². The molecule has 1 aliphatic heterocycles. The van der Waals surface area contributed by atoms with Crippen LogP contribution in [0.3, 0.4) is 0 Å². The van der Waals surface area contributed by atoms with Crippen LogP contribution in [0.4, 0.5) is 13.6 Å². The standard InChI is InChI=1S/C17H18F2N2O4/c1-17(8-10-2-3-12(18)13(19)6-10)9-11(4-5-21(17)16(23)24)14-7-15(22)20-25-14/h2-3,6-7,11H,4-5,8-9H2,1H3,(H,20,22)(H,23,24)/t11-,17-/m1/s1. The zero-order valence-corrected chi connectivity index (χ0v) is 13.6. The number of amides is 1. The molecule has 2 aromatic rings. The monoisotopic (exact) mass is 352 g/mol. The summed E-state index contributed by atoms with van der Waals surface area (Å²) in [6.45, 7) is 2.02. The maximum absolute atomic E-state index is 13.5. The number of halogens is 2. The highest BCUT2D eigenvalue weighted by Gasteiger charge is 2.42. The van der Waals surface area contributed by atoms with Gasteiger partial charge >= 0.3 is 6.09 Å². The van der Waals surface area contributed by atoms with E-state index in [9.17, 15) is 23.5 Å². The number of aromatic nitrogens is 1. The number of piperidine rings is 1. The van der Waals surface area contributed by atoms with Crippen molar-refractivity contribution in [2.45, 2.75) is 37.6 Å². The van der Waals surface area contributed by atoms with E-state index in [0.29, 0.717) is 24.2 Å². The summed E-state index contributed by atoms with van der Waals surface area (Å²) in [4.78, 5) is 24.3. The average molecular weight is 352 g/mol. The van der Waals surface area contributed by atoms with Gasteiger partial charge in [0, 0.05) is 24.1 Å². The third kappa shape index (κ3) is 3.42. The first-order valence-electron chi connectivity index (χ1n) is 7.91. The van der Waals surface area contributed by atoms with Gasteiger partial charge in [0.1, 0.15) is 5.76 Å². The van der Waals surface area contributed by atoms with Gasteiger partial charge in [0.25, 0.3) is 5.56 Å². The molecule has 1 aromatic carbocycles. The molecule has 2 N–H and O–H groups in total. The Bertz CT molecular complexity index is 847. The predicted molar refractivity (Wildman–Crippen MR) is 84.5 cm³/mol. The SMILES string of the molecule is C[C@@]1(Cc2ccc(F)c(F)c2)C[C@H](c2cc(=O)[nH]o2)CCN1C(=O)O. The van der Waals surface area contributed by atoms with Crippen LogP contribution in [0.25, 0.3) is 0 Å². The van der Waals surface area contributed by atoms with E-state index in [-0.39, 0.29) is 24.4 Å².